The second-order valence-electron chi connectivity index (χ2n) is 3.23. The summed E-state index contributed by atoms with van der Waals surface area (Å²) in [7, 11) is 0. The maximum absolute atomic E-state index is 10.9. The van der Waals surface area contributed by atoms with Crippen molar-refractivity contribution in [2.24, 2.45) is 0 Å². The minimum atomic E-state index is -0.513. The molecule has 5 nitrogen and oxygen atoms in total. The predicted molar refractivity (Wildman–Crippen MR) is 62.2 cm³/mol. The summed E-state index contributed by atoms with van der Waals surface area (Å²) in [6.45, 7) is 2.66. The molecule has 94 valence electrons. The normalized spacial score (nSPS) is 11.9. The van der Waals surface area contributed by atoms with Gasteiger partial charge < -0.3 is 13.9 Å². The van der Waals surface area contributed by atoms with Gasteiger partial charge in [-0.05, 0) is 12.1 Å². The lowest BCUT2D eigenvalue weighted by Gasteiger charge is -2.15. The van der Waals surface area contributed by atoms with Crippen LogP contribution in [-0.2, 0) is 24.8 Å². The molecule has 0 saturated carbocycles. The fraction of sp³-hybridized carbons (Fsp3) is 0.455. The molecule has 1 aromatic heterocycles. The Bertz CT molecular complexity index is 360. The first kappa shape index (κ1) is 13.6. The standard InChI is InChI=1S/C11H14O5S/c1-8(12)15-6-11(16-9(2)13)17-7-10-4-3-5-14-10/h3-5,11H,6-7H2,1-2H3. The van der Waals surface area contributed by atoms with Gasteiger partial charge in [-0.1, -0.05) is 0 Å². The third-order valence-electron chi connectivity index (χ3n) is 1.71. The topological polar surface area (TPSA) is 65.7 Å². The molecule has 0 aliphatic rings. The Labute approximate surface area is 103 Å². The highest BCUT2D eigenvalue weighted by atomic mass is 32.2. The summed E-state index contributed by atoms with van der Waals surface area (Å²) in [6, 6.07) is 3.60. The number of hydrogen-bond donors (Lipinski definition) is 0. The van der Waals surface area contributed by atoms with Gasteiger partial charge in [-0.3, -0.25) is 9.59 Å². The summed E-state index contributed by atoms with van der Waals surface area (Å²) in [5.41, 5.74) is -0.513. The second-order valence-corrected chi connectivity index (χ2v) is 4.38. The zero-order valence-electron chi connectivity index (χ0n) is 9.67. The van der Waals surface area contributed by atoms with Crippen LogP contribution in [0.2, 0.25) is 0 Å². The predicted octanol–water partition coefficient (Wildman–Crippen LogP) is 1.97. The Morgan fingerprint density at radius 1 is 1.41 bits per heavy atom. The van der Waals surface area contributed by atoms with E-state index in [1.165, 1.54) is 25.6 Å². The van der Waals surface area contributed by atoms with Gasteiger partial charge in [-0.25, -0.2) is 0 Å². The Hall–Kier alpha value is -1.43. The van der Waals surface area contributed by atoms with Crippen LogP contribution in [0.25, 0.3) is 0 Å². The van der Waals surface area contributed by atoms with E-state index < -0.39 is 17.4 Å². The van der Waals surface area contributed by atoms with E-state index in [2.05, 4.69) is 0 Å². The lowest BCUT2D eigenvalue weighted by molar-refractivity contribution is -0.151. The van der Waals surface area contributed by atoms with Crippen LogP contribution in [-0.4, -0.2) is 24.0 Å². The molecule has 1 atom stereocenters. The van der Waals surface area contributed by atoms with Crippen molar-refractivity contribution in [3.05, 3.63) is 24.2 Å². The molecule has 0 aliphatic heterocycles. The second kappa shape index (κ2) is 7.01. The molecule has 1 aromatic rings. The highest BCUT2D eigenvalue weighted by Gasteiger charge is 2.15. The summed E-state index contributed by atoms with van der Waals surface area (Å²) in [4.78, 5) is 21.5. The minimum Gasteiger partial charge on any atom is -0.468 e. The van der Waals surface area contributed by atoms with E-state index in [0.29, 0.717) is 5.75 Å². The van der Waals surface area contributed by atoms with Gasteiger partial charge in [0.1, 0.15) is 12.4 Å². The van der Waals surface area contributed by atoms with Gasteiger partial charge in [0, 0.05) is 13.8 Å². The van der Waals surface area contributed by atoms with Gasteiger partial charge in [0.25, 0.3) is 0 Å². The van der Waals surface area contributed by atoms with E-state index in [4.69, 9.17) is 13.9 Å². The minimum absolute atomic E-state index is 0.0420. The van der Waals surface area contributed by atoms with Gasteiger partial charge >= 0.3 is 11.9 Å². The van der Waals surface area contributed by atoms with Crippen molar-refractivity contribution in [2.75, 3.05) is 6.61 Å². The van der Waals surface area contributed by atoms with Crippen LogP contribution < -0.4 is 0 Å². The molecule has 0 amide bonds. The smallest absolute Gasteiger partial charge is 0.303 e. The Morgan fingerprint density at radius 3 is 2.71 bits per heavy atom. The number of ether oxygens (including phenoxy) is 2. The first-order chi connectivity index (χ1) is 8.08. The summed E-state index contributed by atoms with van der Waals surface area (Å²) >= 11 is 1.34. The highest BCUT2D eigenvalue weighted by molar-refractivity contribution is 7.99. The van der Waals surface area contributed by atoms with E-state index in [1.807, 2.05) is 6.07 Å². The molecule has 0 aliphatic carbocycles. The summed E-state index contributed by atoms with van der Waals surface area (Å²) < 4.78 is 15.0. The van der Waals surface area contributed by atoms with E-state index in [0.717, 1.165) is 5.76 Å². The van der Waals surface area contributed by atoms with E-state index >= 15 is 0 Å². The largest absolute Gasteiger partial charge is 0.468 e. The maximum Gasteiger partial charge on any atom is 0.303 e. The monoisotopic (exact) mass is 258 g/mol. The first-order valence-electron chi connectivity index (χ1n) is 5.02. The van der Waals surface area contributed by atoms with Gasteiger partial charge in [0.05, 0.1) is 12.0 Å². The van der Waals surface area contributed by atoms with E-state index in [9.17, 15) is 9.59 Å². The quantitative estimate of drug-likeness (QED) is 0.574. The molecule has 0 fully saturated rings. The average molecular weight is 258 g/mol. The summed E-state index contributed by atoms with van der Waals surface area (Å²) in [5.74, 6) is 0.511. The molecule has 1 unspecified atom stereocenters. The van der Waals surface area contributed by atoms with Gasteiger partial charge in [-0.15, -0.1) is 11.8 Å². The molecule has 0 aromatic carbocycles. The van der Waals surface area contributed by atoms with Crippen molar-refractivity contribution in [1.29, 1.82) is 0 Å². The van der Waals surface area contributed by atoms with Crippen LogP contribution in [0.1, 0.15) is 19.6 Å². The van der Waals surface area contributed by atoms with Crippen molar-refractivity contribution in [3.8, 4) is 0 Å². The third-order valence-corrected chi connectivity index (χ3v) is 2.77. The molecule has 0 bridgehead atoms. The Balaban J connectivity index is 2.39. The van der Waals surface area contributed by atoms with Crippen LogP contribution in [0, 0.1) is 0 Å². The maximum atomic E-state index is 10.9. The lowest BCUT2D eigenvalue weighted by Crippen LogP contribution is -2.20. The fourth-order valence-electron chi connectivity index (χ4n) is 1.06. The summed E-state index contributed by atoms with van der Waals surface area (Å²) in [5, 5.41) is 0. The molecular weight excluding hydrogens is 244 g/mol. The molecule has 1 rings (SSSR count). The van der Waals surface area contributed by atoms with Crippen LogP contribution in [0.3, 0.4) is 0 Å². The Kier molecular flexibility index (Phi) is 5.62. The van der Waals surface area contributed by atoms with Crippen molar-refractivity contribution >= 4 is 23.7 Å². The average Bonchev–Trinajstić information content (AvgIpc) is 2.74. The van der Waals surface area contributed by atoms with Crippen LogP contribution in [0.5, 0.6) is 0 Å². The zero-order valence-corrected chi connectivity index (χ0v) is 10.5. The SMILES string of the molecule is CC(=O)OCC(OC(C)=O)SCc1ccco1. The highest BCUT2D eigenvalue weighted by Crippen LogP contribution is 2.19. The first-order valence-corrected chi connectivity index (χ1v) is 6.07. The number of thioether (sulfide) groups is 1. The molecule has 0 N–H and O–H groups in total. The van der Waals surface area contributed by atoms with Gasteiger partial charge in [0.15, 0.2) is 5.44 Å². The zero-order chi connectivity index (χ0) is 12.7. The molecule has 17 heavy (non-hydrogen) atoms. The number of carbonyl (C=O) groups excluding carboxylic acids is 2. The van der Waals surface area contributed by atoms with Gasteiger partial charge in [-0.2, -0.15) is 0 Å². The number of rotatable bonds is 6. The van der Waals surface area contributed by atoms with E-state index in [1.54, 1.807) is 12.3 Å². The van der Waals surface area contributed by atoms with Crippen LogP contribution >= 0.6 is 11.8 Å². The molecular formula is C11H14O5S. The van der Waals surface area contributed by atoms with Crippen molar-refractivity contribution in [1.82, 2.24) is 0 Å². The van der Waals surface area contributed by atoms with Crippen molar-refractivity contribution in [2.45, 2.75) is 25.0 Å². The number of furan rings is 1. The lowest BCUT2D eigenvalue weighted by atomic mass is 10.5. The summed E-state index contributed by atoms with van der Waals surface area (Å²) in [6.07, 6.45) is 1.57. The van der Waals surface area contributed by atoms with Crippen LogP contribution in [0.4, 0.5) is 0 Å². The van der Waals surface area contributed by atoms with E-state index in [-0.39, 0.29) is 6.61 Å². The number of hydrogen-bond acceptors (Lipinski definition) is 6. The Morgan fingerprint density at radius 2 is 2.18 bits per heavy atom. The number of carbonyl (C=O) groups is 2. The van der Waals surface area contributed by atoms with Gasteiger partial charge in [0.2, 0.25) is 0 Å². The third kappa shape index (κ3) is 6.01. The molecule has 1 heterocycles. The molecule has 0 radical (unpaired) electrons. The molecule has 0 saturated heterocycles. The van der Waals surface area contributed by atoms with Crippen molar-refractivity contribution in [3.63, 3.8) is 0 Å². The number of esters is 2. The molecule has 0 spiro atoms. The van der Waals surface area contributed by atoms with Crippen LogP contribution in [0.15, 0.2) is 22.8 Å². The molecule has 6 heteroatoms. The van der Waals surface area contributed by atoms with Crippen molar-refractivity contribution < 1.29 is 23.5 Å². The fourth-order valence-corrected chi connectivity index (χ4v) is 1.94.